The first kappa shape index (κ1) is 15.7. The van der Waals surface area contributed by atoms with E-state index in [0.717, 1.165) is 11.3 Å². The van der Waals surface area contributed by atoms with E-state index in [0.29, 0.717) is 19.4 Å². The molecule has 23 heavy (non-hydrogen) atoms. The molecular formula is C18H20N2O2S. The lowest BCUT2D eigenvalue weighted by atomic mass is 10.1. The van der Waals surface area contributed by atoms with Crippen molar-refractivity contribution in [2.75, 3.05) is 11.4 Å². The van der Waals surface area contributed by atoms with Crippen molar-refractivity contribution < 1.29 is 9.59 Å². The van der Waals surface area contributed by atoms with Crippen LogP contribution in [0.4, 0.5) is 5.69 Å². The molecule has 1 atom stereocenters. The molecule has 4 nitrogen and oxygen atoms in total. The third-order valence-electron chi connectivity index (χ3n) is 4.29. The molecule has 0 spiro atoms. The highest BCUT2D eigenvalue weighted by Gasteiger charge is 2.33. The number of carbonyl (C=O) groups is 2. The van der Waals surface area contributed by atoms with Crippen LogP contribution >= 0.6 is 11.3 Å². The summed E-state index contributed by atoms with van der Waals surface area (Å²) in [7, 11) is 0. The van der Waals surface area contributed by atoms with Crippen molar-refractivity contribution in [3.05, 3.63) is 51.7 Å². The van der Waals surface area contributed by atoms with E-state index in [9.17, 15) is 9.59 Å². The van der Waals surface area contributed by atoms with Crippen molar-refractivity contribution in [2.45, 2.75) is 32.7 Å². The van der Waals surface area contributed by atoms with Gasteiger partial charge in [0.05, 0.1) is 6.42 Å². The molecule has 0 bridgehead atoms. The highest BCUT2D eigenvalue weighted by molar-refractivity contribution is 7.08. The molecule has 0 aliphatic carbocycles. The number of thiophene rings is 1. The molecule has 1 fully saturated rings. The van der Waals surface area contributed by atoms with Gasteiger partial charge in [0.15, 0.2) is 0 Å². The summed E-state index contributed by atoms with van der Waals surface area (Å²) in [5, 5.41) is 6.77. The smallest absolute Gasteiger partial charge is 0.249 e. The van der Waals surface area contributed by atoms with Crippen molar-refractivity contribution in [1.82, 2.24) is 5.32 Å². The highest BCUT2D eigenvalue weighted by atomic mass is 32.1. The fraction of sp³-hybridized carbons (Fsp3) is 0.333. The Morgan fingerprint density at radius 1 is 1.30 bits per heavy atom. The average Bonchev–Trinajstić information content (AvgIpc) is 3.13. The van der Waals surface area contributed by atoms with Gasteiger partial charge in [-0.1, -0.05) is 6.07 Å². The van der Waals surface area contributed by atoms with Crippen LogP contribution in [-0.4, -0.2) is 24.4 Å². The normalized spacial score (nSPS) is 17.6. The SMILES string of the molecule is Cc1ccc(N2CCC(NC(=O)Cc3ccsc3)C2=O)cc1C. The summed E-state index contributed by atoms with van der Waals surface area (Å²) < 4.78 is 0. The third kappa shape index (κ3) is 3.45. The van der Waals surface area contributed by atoms with Crippen LogP contribution in [0.1, 0.15) is 23.1 Å². The zero-order valence-electron chi connectivity index (χ0n) is 13.3. The van der Waals surface area contributed by atoms with Gasteiger partial charge in [0.25, 0.3) is 0 Å². The lowest BCUT2D eigenvalue weighted by Gasteiger charge is -2.18. The number of nitrogens with zero attached hydrogens (tertiary/aromatic N) is 1. The summed E-state index contributed by atoms with van der Waals surface area (Å²) in [4.78, 5) is 26.4. The van der Waals surface area contributed by atoms with Crippen LogP contribution in [0, 0.1) is 13.8 Å². The zero-order valence-corrected chi connectivity index (χ0v) is 14.2. The van der Waals surface area contributed by atoms with Gasteiger partial charge in [-0.25, -0.2) is 0 Å². The van der Waals surface area contributed by atoms with E-state index in [2.05, 4.69) is 12.2 Å². The highest BCUT2D eigenvalue weighted by Crippen LogP contribution is 2.24. The van der Waals surface area contributed by atoms with E-state index in [-0.39, 0.29) is 11.8 Å². The molecule has 1 saturated heterocycles. The molecular weight excluding hydrogens is 308 g/mol. The molecule has 1 aliphatic heterocycles. The van der Waals surface area contributed by atoms with Gasteiger partial charge < -0.3 is 10.2 Å². The first-order valence-corrected chi connectivity index (χ1v) is 8.68. The number of aryl methyl sites for hydroxylation is 2. The van der Waals surface area contributed by atoms with Crippen molar-refractivity contribution in [1.29, 1.82) is 0 Å². The predicted octanol–water partition coefficient (Wildman–Crippen LogP) is 2.83. The monoisotopic (exact) mass is 328 g/mol. The lowest BCUT2D eigenvalue weighted by molar-refractivity contribution is -0.126. The van der Waals surface area contributed by atoms with Gasteiger partial charge in [-0.2, -0.15) is 11.3 Å². The number of hydrogen-bond donors (Lipinski definition) is 1. The summed E-state index contributed by atoms with van der Waals surface area (Å²) in [5.74, 6) is -0.115. The Balaban J connectivity index is 1.64. The van der Waals surface area contributed by atoms with E-state index in [1.54, 1.807) is 16.2 Å². The minimum atomic E-state index is -0.414. The van der Waals surface area contributed by atoms with Gasteiger partial charge >= 0.3 is 0 Å². The molecule has 1 aromatic carbocycles. The first-order valence-electron chi connectivity index (χ1n) is 7.73. The van der Waals surface area contributed by atoms with Crippen LogP contribution in [-0.2, 0) is 16.0 Å². The number of rotatable bonds is 4. The van der Waals surface area contributed by atoms with Gasteiger partial charge in [-0.15, -0.1) is 0 Å². The maximum Gasteiger partial charge on any atom is 0.249 e. The Morgan fingerprint density at radius 2 is 2.13 bits per heavy atom. The predicted molar refractivity (Wildman–Crippen MR) is 92.8 cm³/mol. The van der Waals surface area contributed by atoms with Crippen LogP contribution in [0.25, 0.3) is 0 Å². The molecule has 120 valence electrons. The molecule has 2 heterocycles. The Kier molecular flexibility index (Phi) is 4.48. The van der Waals surface area contributed by atoms with Crippen LogP contribution in [0.2, 0.25) is 0 Å². The molecule has 5 heteroatoms. The van der Waals surface area contributed by atoms with Crippen molar-refractivity contribution in [2.24, 2.45) is 0 Å². The van der Waals surface area contributed by atoms with Crippen molar-refractivity contribution in [3.8, 4) is 0 Å². The Labute approximate surface area is 140 Å². The topological polar surface area (TPSA) is 49.4 Å². The van der Waals surface area contributed by atoms with Crippen LogP contribution in [0.5, 0.6) is 0 Å². The van der Waals surface area contributed by atoms with Crippen LogP contribution in [0.15, 0.2) is 35.0 Å². The van der Waals surface area contributed by atoms with E-state index in [1.165, 1.54) is 11.1 Å². The minimum Gasteiger partial charge on any atom is -0.344 e. The Bertz CT molecular complexity index is 725. The maximum absolute atomic E-state index is 12.6. The van der Waals surface area contributed by atoms with Gasteiger partial charge in [0.2, 0.25) is 11.8 Å². The summed E-state index contributed by atoms with van der Waals surface area (Å²) in [6.45, 7) is 4.74. The van der Waals surface area contributed by atoms with Gasteiger partial charge in [-0.3, -0.25) is 9.59 Å². The molecule has 3 rings (SSSR count). The molecule has 2 amide bonds. The summed E-state index contributed by atoms with van der Waals surface area (Å²) in [5.41, 5.74) is 4.28. The largest absolute Gasteiger partial charge is 0.344 e. The molecule has 1 N–H and O–H groups in total. The zero-order chi connectivity index (χ0) is 16.4. The molecule has 0 saturated carbocycles. The van der Waals surface area contributed by atoms with Gasteiger partial charge in [-0.05, 0) is 65.9 Å². The van der Waals surface area contributed by atoms with E-state index < -0.39 is 6.04 Å². The van der Waals surface area contributed by atoms with Gasteiger partial charge in [0, 0.05) is 12.2 Å². The number of nitrogens with one attached hydrogen (secondary N) is 1. The molecule has 2 aromatic rings. The number of hydrogen-bond acceptors (Lipinski definition) is 3. The number of amides is 2. The summed E-state index contributed by atoms with van der Waals surface area (Å²) in [6, 6.07) is 7.55. The summed E-state index contributed by atoms with van der Waals surface area (Å²) in [6.07, 6.45) is 0.984. The lowest BCUT2D eigenvalue weighted by Crippen LogP contribution is -2.42. The molecule has 0 radical (unpaired) electrons. The average molecular weight is 328 g/mol. The third-order valence-corrected chi connectivity index (χ3v) is 5.02. The van der Waals surface area contributed by atoms with E-state index in [4.69, 9.17) is 0 Å². The van der Waals surface area contributed by atoms with Crippen molar-refractivity contribution in [3.63, 3.8) is 0 Å². The van der Waals surface area contributed by atoms with Crippen molar-refractivity contribution >= 4 is 28.8 Å². The first-order chi connectivity index (χ1) is 11.0. The fourth-order valence-corrected chi connectivity index (χ4v) is 3.46. The Morgan fingerprint density at radius 3 is 2.83 bits per heavy atom. The fourth-order valence-electron chi connectivity index (χ4n) is 2.79. The quantitative estimate of drug-likeness (QED) is 0.938. The molecule has 1 aliphatic rings. The maximum atomic E-state index is 12.6. The Hall–Kier alpha value is -2.14. The molecule has 1 aromatic heterocycles. The number of benzene rings is 1. The second-order valence-electron chi connectivity index (χ2n) is 5.98. The van der Waals surface area contributed by atoms with Crippen LogP contribution < -0.4 is 10.2 Å². The minimum absolute atomic E-state index is 0.0214. The standard InChI is InChI=1S/C18H20N2O2S/c1-12-3-4-15(9-13(12)2)20-7-5-16(18(20)22)19-17(21)10-14-6-8-23-11-14/h3-4,6,8-9,11,16H,5,7,10H2,1-2H3,(H,19,21). The summed E-state index contributed by atoms with van der Waals surface area (Å²) >= 11 is 1.57. The van der Waals surface area contributed by atoms with E-state index >= 15 is 0 Å². The second kappa shape index (κ2) is 6.54. The van der Waals surface area contributed by atoms with Crippen LogP contribution in [0.3, 0.4) is 0 Å². The number of carbonyl (C=O) groups excluding carboxylic acids is 2. The molecule has 1 unspecified atom stereocenters. The van der Waals surface area contributed by atoms with Gasteiger partial charge in [0.1, 0.15) is 6.04 Å². The number of anilines is 1. The second-order valence-corrected chi connectivity index (χ2v) is 6.76. The van der Waals surface area contributed by atoms with E-state index in [1.807, 2.05) is 41.9 Å².